The summed E-state index contributed by atoms with van der Waals surface area (Å²) in [5, 5.41) is 25.5. The number of aromatic hydroxyl groups is 1. The van der Waals surface area contributed by atoms with Crippen LogP contribution in [0.5, 0.6) is 5.75 Å². The number of fused-ring (bicyclic) bond motifs is 3. The first-order valence-electron chi connectivity index (χ1n) is 8.51. The molecule has 1 heterocycles. The summed E-state index contributed by atoms with van der Waals surface area (Å²) in [7, 11) is 0. The number of hydrogen-bond acceptors (Lipinski definition) is 6. The second kappa shape index (κ2) is 4.78. The van der Waals surface area contributed by atoms with Crippen molar-refractivity contribution < 1.29 is 19.6 Å². The van der Waals surface area contributed by atoms with Crippen LogP contribution in [0.3, 0.4) is 0 Å². The van der Waals surface area contributed by atoms with E-state index in [0.29, 0.717) is 0 Å². The van der Waals surface area contributed by atoms with E-state index in [1.807, 2.05) is 0 Å². The van der Waals surface area contributed by atoms with Gasteiger partial charge in [0.1, 0.15) is 5.75 Å². The monoisotopic (exact) mass is 353 g/mol. The van der Waals surface area contributed by atoms with Gasteiger partial charge >= 0.3 is 0 Å². The summed E-state index contributed by atoms with van der Waals surface area (Å²) in [5.41, 5.74) is -0.0101. The average Bonchev–Trinajstić information content (AvgIpc) is 3.21. The minimum Gasteiger partial charge on any atom is -0.507 e. The highest BCUT2D eigenvalue weighted by Gasteiger charge is 2.73. The van der Waals surface area contributed by atoms with Crippen molar-refractivity contribution in [3.63, 3.8) is 0 Å². The number of nitro benzene ring substituents is 1. The van der Waals surface area contributed by atoms with E-state index in [0.717, 1.165) is 30.1 Å². The zero-order chi connectivity index (χ0) is 18.2. The smallest absolute Gasteiger partial charge is 0.270 e. The molecule has 8 heteroatoms. The lowest BCUT2D eigenvalue weighted by atomic mass is 9.85. The molecule has 132 valence electrons. The third-order valence-electron chi connectivity index (χ3n) is 6.36. The van der Waals surface area contributed by atoms with Gasteiger partial charge in [-0.3, -0.25) is 19.7 Å². The van der Waals surface area contributed by atoms with E-state index in [2.05, 4.69) is 17.3 Å². The molecule has 3 aliphatic carbocycles. The Hall–Kier alpha value is -3.03. The van der Waals surface area contributed by atoms with Crippen molar-refractivity contribution in [1.29, 1.82) is 0 Å². The van der Waals surface area contributed by atoms with Gasteiger partial charge in [0.2, 0.25) is 0 Å². The first-order chi connectivity index (χ1) is 12.4. The highest BCUT2D eigenvalue weighted by atomic mass is 16.6. The Balaban J connectivity index is 1.44. The molecule has 0 unspecified atom stereocenters. The molecular weight excluding hydrogens is 338 g/mol. The molecule has 2 amide bonds. The standard InChI is InChI=1S/C18H15N3O5/c22-13-4-1-10(21(25)26)7-9(13)8-19-20-16(23)14-11-2-3-12(15(14)17(20)24)18(11)5-6-18/h1-4,7-8,11-12,14-15,22H,5-6H2/b19-8-/t11-,12-,14+,15+/m1/s1. The van der Waals surface area contributed by atoms with Crippen LogP contribution < -0.4 is 0 Å². The van der Waals surface area contributed by atoms with Crippen molar-refractivity contribution in [2.24, 2.45) is 34.2 Å². The molecule has 1 aromatic carbocycles. The van der Waals surface area contributed by atoms with E-state index in [-0.39, 0.29) is 57.9 Å². The zero-order valence-corrected chi connectivity index (χ0v) is 13.6. The number of hydrogen-bond donors (Lipinski definition) is 1. The summed E-state index contributed by atoms with van der Waals surface area (Å²) in [5.74, 6) is -1.32. The van der Waals surface area contributed by atoms with Crippen LogP contribution in [0.15, 0.2) is 35.5 Å². The Morgan fingerprint density at radius 3 is 2.35 bits per heavy atom. The Labute approximate surface area is 147 Å². The molecule has 1 N–H and O–H groups in total. The Kier molecular flexibility index (Phi) is 2.80. The van der Waals surface area contributed by atoms with Gasteiger partial charge in [-0.1, -0.05) is 12.2 Å². The van der Waals surface area contributed by atoms with Crippen molar-refractivity contribution in [2.45, 2.75) is 12.8 Å². The largest absolute Gasteiger partial charge is 0.507 e. The van der Waals surface area contributed by atoms with Gasteiger partial charge in [0.05, 0.1) is 23.0 Å². The number of phenolic OH excluding ortho intramolecular Hbond substituents is 1. The number of carbonyl (C=O) groups is 2. The maximum absolute atomic E-state index is 12.8. The molecule has 1 saturated heterocycles. The number of allylic oxidation sites excluding steroid dienone is 2. The van der Waals surface area contributed by atoms with Crippen LogP contribution in [0.25, 0.3) is 0 Å². The maximum Gasteiger partial charge on any atom is 0.270 e. The van der Waals surface area contributed by atoms with Crippen molar-refractivity contribution >= 4 is 23.7 Å². The van der Waals surface area contributed by atoms with Gasteiger partial charge in [0.25, 0.3) is 17.5 Å². The van der Waals surface area contributed by atoms with Gasteiger partial charge in [0, 0.05) is 17.7 Å². The van der Waals surface area contributed by atoms with Gasteiger partial charge in [-0.05, 0) is 36.2 Å². The van der Waals surface area contributed by atoms with E-state index in [9.17, 15) is 24.8 Å². The lowest BCUT2D eigenvalue weighted by Gasteiger charge is -2.18. The number of amides is 2. The highest BCUT2D eigenvalue weighted by molar-refractivity contribution is 6.07. The topological polar surface area (TPSA) is 113 Å². The third kappa shape index (κ3) is 1.76. The molecule has 8 nitrogen and oxygen atoms in total. The van der Waals surface area contributed by atoms with Gasteiger partial charge < -0.3 is 5.11 Å². The lowest BCUT2D eigenvalue weighted by Crippen LogP contribution is -2.30. The normalized spacial score (nSPS) is 32.8. The quantitative estimate of drug-likeness (QED) is 0.293. The van der Waals surface area contributed by atoms with Crippen LogP contribution in [0, 0.1) is 39.2 Å². The summed E-state index contributed by atoms with van der Waals surface area (Å²) in [6.45, 7) is 0. The first-order valence-corrected chi connectivity index (χ1v) is 8.51. The first kappa shape index (κ1) is 15.2. The molecule has 26 heavy (non-hydrogen) atoms. The number of carbonyl (C=O) groups excluding carboxylic acids is 2. The molecule has 5 rings (SSSR count). The van der Waals surface area contributed by atoms with E-state index >= 15 is 0 Å². The molecular formula is C18H15N3O5. The van der Waals surface area contributed by atoms with Crippen molar-refractivity contribution in [2.75, 3.05) is 0 Å². The molecule has 1 aromatic rings. The number of phenols is 1. The Bertz CT molecular complexity index is 899. The predicted octanol–water partition coefficient (Wildman–Crippen LogP) is 1.83. The van der Waals surface area contributed by atoms with Crippen LogP contribution in [0.1, 0.15) is 18.4 Å². The molecule has 1 aliphatic heterocycles. The summed E-state index contributed by atoms with van der Waals surface area (Å²) in [6, 6.07) is 3.50. The molecule has 2 saturated carbocycles. The summed E-state index contributed by atoms with van der Waals surface area (Å²) >= 11 is 0. The lowest BCUT2D eigenvalue weighted by molar-refractivity contribution is -0.384. The van der Waals surface area contributed by atoms with Crippen molar-refractivity contribution in [3.05, 3.63) is 46.0 Å². The van der Waals surface area contributed by atoms with E-state index in [1.165, 1.54) is 12.1 Å². The summed E-state index contributed by atoms with van der Waals surface area (Å²) in [6.07, 6.45) is 7.40. The number of non-ortho nitro benzene ring substituents is 1. The van der Waals surface area contributed by atoms with Gasteiger partial charge in [-0.2, -0.15) is 10.1 Å². The highest BCUT2D eigenvalue weighted by Crippen LogP contribution is 2.73. The second-order valence-electron chi connectivity index (χ2n) is 7.45. The summed E-state index contributed by atoms with van der Waals surface area (Å²) in [4.78, 5) is 35.8. The number of nitro groups is 1. The van der Waals surface area contributed by atoms with Crippen LogP contribution in [0.4, 0.5) is 5.69 Å². The fraction of sp³-hybridized carbons (Fsp3) is 0.389. The van der Waals surface area contributed by atoms with E-state index < -0.39 is 4.92 Å². The number of imide groups is 1. The van der Waals surface area contributed by atoms with Crippen LogP contribution in [-0.4, -0.2) is 33.1 Å². The minimum absolute atomic E-state index is 0.0802. The number of hydrazone groups is 1. The average molecular weight is 353 g/mol. The summed E-state index contributed by atoms with van der Waals surface area (Å²) < 4.78 is 0. The van der Waals surface area contributed by atoms with Gasteiger partial charge in [-0.25, -0.2) is 0 Å². The minimum atomic E-state index is -0.591. The van der Waals surface area contributed by atoms with Crippen LogP contribution in [0.2, 0.25) is 0 Å². The Morgan fingerprint density at radius 2 is 1.81 bits per heavy atom. The molecule has 1 spiro atoms. The third-order valence-corrected chi connectivity index (χ3v) is 6.36. The fourth-order valence-electron chi connectivity index (χ4n) is 5.06. The molecule has 0 aromatic heterocycles. The SMILES string of the molecule is O=C1[C@@H]2[C@@H](C(=O)N1/N=C\c1cc([N+](=O)[O-])ccc1O)[C@H]1C=C[C@H]2C12CC2. The van der Waals surface area contributed by atoms with Crippen molar-refractivity contribution in [1.82, 2.24) is 5.01 Å². The number of rotatable bonds is 3. The van der Waals surface area contributed by atoms with Crippen molar-refractivity contribution in [3.8, 4) is 5.75 Å². The van der Waals surface area contributed by atoms with Gasteiger partial charge in [-0.15, -0.1) is 0 Å². The molecule has 0 radical (unpaired) electrons. The number of nitrogens with zero attached hydrogens (tertiary/aromatic N) is 3. The van der Waals surface area contributed by atoms with Crippen LogP contribution >= 0.6 is 0 Å². The molecule has 2 bridgehead atoms. The zero-order valence-electron chi connectivity index (χ0n) is 13.6. The second-order valence-corrected chi connectivity index (χ2v) is 7.45. The molecule has 3 fully saturated rings. The maximum atomic E-state index is 12.8. The molecule has 4 atom stereocenters. The molecule has 4 aliphatic rings. The number of benzene rings is 1. The van der Waals surface area contributed by atoms with E-state index in [4.69, 9.17) is 0 Å². The van der Waals surface area contributed by atoms with Crippen LogP contribution in [-0.2, 0) is 9.59 Å². The van der Waals surface area contributed by atoms with E-state index in [1.54, 1.807) is 0 Å². The fourth-order valence-corrected chi connectivity index (χ4v) is 5.06. The van der Waals surface area contributed by atoms with Gasteiger partial charge in [0.15, 0.2) is 0 Å². The predicted molar refractivity (Wildman–Crippen MR) is 89.0 cm³/mol. The Morgan fingerprint density at radius 1 is 1.19 bits per heavy atom.